The summed E-state index contributed by atoms with van der Waals surface area (Å²) in [5.74, 6) is 0.451. The largest absolute Gasteiger partial charge is 0.363 e. The van der Waals surface area contributed by atoms with Gasteiger partial charge in [-0.05, 0) is 103 Å². The van der Waals surface area contributed by atoms with Crippen LogP contribution in [-0.2, 0) is 0 Å². The molecule has 0 aromatic heterocycles. The average Bonchev–Trinajstić information content (AvgIpc) is 3.46. The monoisotopic (exact) mass is 658 g/mol. The second kappa shape index (κ2) is 13.1. The minimum absolute atomic E-state index is 0.283. The molecule has 0 spiro atoms. The van der Waals surface area contributed by atoms with Crippen LogP contribution in [0, 0.1) is 5.92 Å². The van der Waals surface area contributed by atoms with Crippen molar-refractivity contribution in [3.05, 3.63) is 175 Å². The molecule has 1 heterocycles. The van der Waals surface area contributed by atoms with Gasteiger partial charge in [-0.3, -0.25) is 0 Å². The van der Waals surface area contributed by atoms with E-state index in [0.717, 1.165) is 12.8 Å². The Hall–Kier alpha value is -5.86. The van der Waals surface area contributed by atoms with Crippen LogP contribution < -0.4 is 10.2 Å². The molecular weight excluding hydrogens is 617 g/mol. The van der Waals surface area contributed by atoms with E-state index < -0.39 is 0 Å². The average molecular weight is 659 g/mol. The van der Waals surface area contributed by atoms with Crippen LogP contribution in [0.15, 0.2) is 170 Å². The molecule has 1 aliphatic carbocycles. The van der Waals surface area contributed by atoms with Crippen LogP contribution in [-0.4, -0.2) is 12.2 Å². The van der Waals surface area contributed by atoms with E-state index in [1.807, 2.05) is 0 Å². The van der Waals surface area contributed by atoms with Gasteiger partial charge in [-0.2, -0.15) is 0 Å². The van der Waals surface area contributed by atoms with Crippen LogP contribution in [0.2, 0.25) is 0 Å². The molecule has 248 valence electrons. The van der Waals surface area contributed by atoms with Crippen molar-refractivity contribution < 1.29 is 0 Å². The number of nitrogens with zero attached hydrogens (tertiary/aromatic N) is 1. The molecule has 0 fully saturated rings. The molecule has 0 bridgehead atoms. The third kappa shape index (κ3) is 5.43. The maximum atomic E-state index is 3.79. The van der Waals surface area contributed by atoms with Gasteiger partial charge in [0.2, 0.25) is 0 Å². The molecule has 0 amide bonds. The number of hydrogen-bond acceptors (Lipinski definition) is 2. The molecule has 2 heteroatoms. The second-order valence-corrected chi connectivity index (χ2v) is 14.0. The molecule has 0 saturated carbocycles. The van der Waals surface area contributed by atoms with Crippen molar-refractivity contribution in [1.82, 2.24) is 0 Å². The number of allylic oxidation sites excluding steroid dienone is 3. The van der Waals surface area contributed by atoms with Crippen LogP contribution in [0.4, 0.5) is 11.4 Å². The second-order valence-electron chi connectivity index (χ2n) is 14.0. The van der Waals surface area contributed by atoms with Crippen LogP contribution in [0.1, 0.15) is 32.3 Å². The number of para-hydroxylation sites is 2. The fraction of sp³-hybridized carbons (Fsp3) is 0.143. The van der Waals surface area contributed by atoms with Crippen molar-refractivity contribution in [3.8, 4) is 33.4 Å². The zero-order valence-electron chi connectivity index (χ0n) is 29.3. The van der Waals surface area contributed by atoms with Gasteiger partial charge in [-0.25, -0.2) is 0 Å². The lowest BCUT2D eigenvalue weighted by atomic mass is 9.82. The maximum Gasteiger partial charge on any atom is 0.0994 e. The van der Waals surface area contributed by atoms with Gasteiger partial charge in [0, 0.05) is 0 Å². The van der Waals surface area contributed by atoms with Gasteiger partial charge < -0.3 is 10.2 Å². The van der Waals surface area contributed by atoms with Crippen molar-refractivity contribution in [2.75, 3.05) is 10.2 Å². The summed E-state index contributed by atoms with van der Waals surface area (Å²) in [6, 6.07) is 55.8. The van der Waals surface area contributed by atoms with E-state index in [4.69, 9.17) is 0 Å². The Bertz CT molecular complexity index is 2380. The van der Waals surface area contributed by atoms with Crippen molar-refractivity contribution in [2.24, 2.45) is 5.92 Å². The molecule has 9 rings (SSSR count). The first-order valence-corrected chi connectivity index (χ1v) is 18.4. The highest BCUT2D eigenvalue weighted by Crippen LogP contribution is 2.47. The maximum absolute atomic E-state index is 3.79. The SMILES string of the molecule is CCC1Nc2ccccc2N1C1C=CC(c2c3ccccc3c(-c3cc(-c4ccccc4)ccc3-c3ccccc3)c3ccccc23)=CCC1C. The Morgan fingerprint density at radius 3 is 1.84 bits per heavy atom. The molecule has 3 atom stereocenters. The first kappa shape index (κ1) is 31.1. The fourth-order valence-electron chi connectivity index (χ4n) is 8.53. The van der Waals surface area contributed by atoms with Gasteiger partial charge in [0.1, 0.15) is 0 Å². The Morgan fingerprint density at radius 1 is 0.588 bits per heavy atom. The Kier molecular flexibility index (Phi) is 8.01. The van der Waals surface area contributed by atoms with E-state index >= 15 is 0 Å². The van der Waals surface area contributed by atoms with Gasteiger partial charge in [-0.15, -0.1) is 0 Å². The van der Waals surface area contributed by atoms with Gasteiger partial charge >= 0.3 is 0 Å². The molecule has 2 nitrogen and oxygen atoms in total. The predicted molar refractivity (Wildman–Crippen MR) is 219 cm³/mol. The van der Waals surface area contributed by atoms with Crippen LogP contribution >= 0.6 is 0 Å². The third-order valence-electron chi connectivity index (χ3n) is 11.0. The summed E-state index contributed by atoms with van der Waals surface area (Å²) in [5.41, 5.74) is 12.6. The van der Waals surface area contributed by atoms with E-state index in [1.54, 1.807) is 0 Å². The topological polar surface area (TPSA) is 15.3 Å². The third-order valence-corrected chi connectivity index (χ3v) is 11.0. The number of hydrogen-bond donors (Lipinski definition) is 1. The minimum atomic E-state index is 0.283. The fourth-order valence-corrected chi connectivity index (χ4v) is 8.53. The lowest BCUT2D eigenvalue weighted by Gasteiger charge is -2.36. The molecule has 1 aliphatic heterocycles. The van der Waals surface area contributed by atoms with E-state index in [0.29, 0.717) is 5.92 Å². The molecule has 3 unspecified atom stereocenters. The molecule has 1 N–H and O–H groups in total. The van der Waals surface area contributed by atoms with Crippen LogP contribution in [0.3, 0.4) is 0 Å². The standard InChI is InChI=1S/C49H42N2/c1-3-47-50-44-24-14-15-25-46(44)51(47)45-31-29-36(27-26-33(45)2)48-39-20-10-12-22-41(39)49(42-23-13-11-21-40(42)48)43-32-37(34-16-6-4-7-17-34)28-30-38(43)35-18-8-5-9-19-35/h4-25,27-33,45,47,50H,3,26H2,1-2H3. The van der Waals surface area contributed by atoms with E-state index in [-0.39, 0.29) is 12.2 Å². The summed E-state index contributed by atoms with van der Waals surface area (Å²) in [6.07, 6.45) is 9.72. The molecule has 7 aromatic carbocycles. The summed E-state index contributed by atoms with van der Waals surface area (Å²) in [7, 11) is 0. The highest BCUT2D eigenvalue weighted by molar-refractivity contribution is 6.20. The summed E-state index contributed by atoms with van der Waals surface area (Å²) in [5, 5.41) is 8.93. The van der Waals surface area contributed by atoms with Crippen LogP contribution in [0.25, 0.3) is 60.5 Å². The van der Waals surface area contributed by atoms with Crippen molar-refractivity contribution in [3.63, 3.8) is 0 Å². The van der Waals surface area contributed by atoms with Gasteiger partial charge in [0.25, 0.3) is 0 Å². The summed E-state index contributed by atoms with van der Waals surface area (Å²) in [6.45, 7) is 4.69. The molecular formula is C49H42N2. The molecule has 7 aromatic rings. The molecule has 2 aliphatic rings. The molecule has 0 saturated heterocycles. The summed E-state index contributed by atoms with van der Waals surface area (Å²) < 4.78 is 0. The van der Waals surface area contributed by atoms with Gasteiger partial charge in [0.15, 0.2) is 0 Å². The van der Waals surface area contributed by atoms with Gasteiger partial charge in [-0.1, -0.05) is 166 Å². The highest BCUT2D eigenvalue weighted by Gasteiger charge is 2.34. The zero-order valence-corrected chi connectivity index (χ0v) is 29.3. The number of benzene rings is 7. The van der Waals surface area contributed by atoms with E-state index in [9.17, 15) is 0 Å². The summed E-state index contributed by atoms with van der Waals surface area (Å²) in [4.78, 5) is 2.62. The lowest BCUT2D eigenvalue weighted by Crippen LogP contribution is -2.45. The Balaban J connectivity index is 1.25. The minimum Gasteiger partial charge on any atom is -0.363 e. The van der Waals surface area contributed by atoms with Crippen LogP contribution in [0.5, 0.6) is 0 Å². The van der Waals surface area contributed by atoms with Crippen molar-refractivity contribution in [2.45, 2.75) is 38.9 Å². The number of fused-ring (bicyclic) bond motifs is 3. The highest BCUT2D eigenvalue weighted by atomic mass is 15.3. The summed E-state index contributed by atoms with van der Waals surface area (Å²) >= 11 is 0. The van der Waals surface area contributed by atoms with E-state index in [1.165, 1.54) is 77.4 Å². The molecule has 0 radical (unpaired) electrons. The van der Waals surface area contributed by atoms with Gasteiger partial charge in [0.05, 0.1) is 23.6 Å². The quantitative estimate of drug-likeness (QED) is 0.179. The Morgan fingerprint density at radius 2 is 1.18 bits per heavy atom. The van der Waals surface area contributed by atoms with Crippen molar-refractivity contribution in [1.29, 1.82) is 0 Å². The number of nitrogens with one attached hydrogen (secondary N) is 1. The number of anilines is 2. The normalized spacial score (nSPS) is 18.4. The molecule has 51 heavy (non-hydrogen) atoms. The lowest BCUT2D eigenvalue weighted by molar-refractivity contribution is 0.464. The zero-order chi connectivity index (χ0) is 34.3. The number of rotatable bonds is 6. The van der Waals surface area contributed by atoms with Crippen molar-refractivity contribution >= 4 is 38.5 Å². The first-order chi connectivity index (χ1) is 25.2. The first-order valence-electron chi connectivity index (χ1n) is 18.4. The predicted octanol–water partition coefficient (Wildman–Crippen LogP) is 13.0. The van der Waals surface area contributed by atoms with E-state index in [2.05, 4.69) is 194 Å². The Labute approximate surface area is 301 Å². The smallest absolute Gasteiger partial charge is 0.0994 e.